The van der Waals surface area contributed by atoms with E-state index in [1.165, 1.54) is 18.3 Å². The number of benzene rings is 2. The van der Waals surface area contributed by atoms with E-state index in [0.29, 0.717) is 0 Å². The number of nitrogens with zero attached hydrogens (tertiary/aromatic N) is 2. The van der Waals surface area contributed by atoms with Gasteiger partial charge < -0.3 is 0 Å². The van der Waals surface area contributed by atoms with Crippen molar-refractivity contribution in [3.8, 4) is 0 Å². The molecule has 84 valence electrons. The maximum atomic E-state index is 7.02. The summed E-state index contributed by atoms with van der Waals surface area (Å²) in [6.07, 6.45) is 0.980. The van der Waals surface area contributed by atoms with Gasteiger partial charge in [-0.2, -0.15) is 0 Å². The van der Waals surface area contributed by atoms with Crippen molar-refractivity contribution in [2.24, 2.45) is 5.22 Å². The van der Waals surface area contributed by atoms with Crippen molar-refractivity contribution in [2.45, 2.75) is 6.42 Å². The van der Waals surface area contributed by atoms with Crippen LogP contribution in [0.5, 0.6) is 0 Å². The Morgan fingerprint density at radius 3 is 2.00 bits per heavy atom. The average Bonchev–Trinajstić information content (AvgIpc) is 2.39. The van der Waals surface area contributed by atoms with E-state index in [9.17, 15) is 0 Å². The monoisotopic (exact) mass is 336 g/mol. The van der Waals surface area contributed by atoms with E-state index in [0.717, 1.165) is 6.42 Å². The Morgan fingerprint density at radius 2 is 1.47 bits per heavy atom. The topological polar surface area (TPSA) is 40.6 Å². The van der Waals surface area contributed by atoms with Gasteiger partial charge in [-0.15, -0.1) is 0 Å². The molecule has 0 atom stereocenters. The molecule has 2 aromatic carbocycles. The lowest BCUT2D eigenvalue weighted by Gasteiger charge is -2.15. The molecule has 0 saturated heterocycles. The van der Waals surface area contributed by atoms with Crippen molar-refractivity contribution >= 4 is 19.5 Å². The summed E-state index contributed by atoms with van der Waals surface area (Å²) in [4.78, 5) is 0. The van der Waals surface area contributed by atoms with Crippen LogP contribution < -0.4 is 0 Å². The molecular weight excluding hydrogens is 325 g/mol. The Morgan fingerprint density at radius 1 is 0.941 bits per heavy atom. The molecule has 1 aliphatic heterocycles. The standard InChI is InChI=1S/C13H11IN3/c15-17-16-14-12-7-3-1-5-10(12)9-11-6-2-4-8-13(11)14/h1-8,15H,9H2/q+1. The summed E-state index contributed by atoms with van der Waals surface area (Å²) in [6.45, 7) is 0. The van der Waals surface area contributed by atoms with E-state index >= 15 is 0 Å². The van der Waals surface area contributed by atoms with Crippen LogP contribution in [-0.4, -0.2) is 0 Å². The van der Waals surface area contributed by atoms with E-state index < -0.39 is 19.5 Å². The van der Waals surface area contributed by atoms with Crippen LogP contribution in [0.1, 0.15) is 11.1 Å². The fourth-order valence-corrected chi connectivity index (χ4v) is 6.52. The molecule has 3 rings (SSSR count). The zero-order valence-electron chi connectivity index (χ0n) is 9.10. The Balaban J connectivity index is 2.32. The van der Waals surface area contributed by atoms with Crippen LogP contribution in [0.15, 0.2) is 53.8 Å². The summed E-state index contributed by atoms with van der Waals surface area (Å²) in [6, 6.07) is 16.9. The number of hydrogen-bond acceptors (Lipinski definition) is 2. The molecule has 0 amide bonds. The predicted molar refractivity (Wildman–Crippen MR) is 75.6 cm³/mol. The quantitative estimate of drug-likeness (QED) is 0.360. The number of fused-ring (bicyclic) bond motifs is 2. The zero-order chi connectivity index (χ0) is 11.7. The van der Waals surface area contributed by atoms with Crippen LogP contribution in [-0.2, 0) is 6.42 Å². The van der Waals surface area contributed by atoms with Crippen LogP contribution >= 0.6 is 19.5 Å². The smallest absolute Gasteiger partial charge is 0.0703 e. The van der Waals surface area contributed by atoms with Crippen LogP contribution in [0.25, 0.3) is 3.07 Å². The van der Waals surface area contributed by atoms with Gasteiger partial charge in [0, 0.05) is 5.53 Å². The Hall–Kier alpha value is -1.52. The van der Waals surface area contributed by atoms with Gasteiger partial charge >= 0.3 is 0 Å². The van der Waals surface area contributed by atoms with Crippen molar-refractivity contribution in [1.82, 2.24) is 0 Å². The largest absolute Gasteiger partial charge is 0.235 e. The summed E-state index contributed by atoms with van der Waals surface area (Å²) in [5.41, 5.74) is 9.72. The first kappa shape index (κ1) is 10.6. The molecule has 0 spiro atoms. The highest BCUT2D eigenvalue weighted by Crippen LogP contribution is 2.44. The molecule has 0 saturated carbocycles. The third kappa shape index (κ3) is 1.79. The van der Waals surface area contributed by atoms with E-state index in [4.69, 9.17) is 5.53 Å². The number of nitrogens with one attached hydrogen (secondary N) is 1. The third-order valence-corrected chi connectivity index (χ3v) is 7.75. The molecule has 0 unspecified atom stereocenters. The van der Waals surface area contributed by atoms with Gasteiger partial charge in [-0.3, -0.25) is 0 Å². The van der Waals surface area contributed by atoms with Gasteiger partial charge in [0.25, 0.3) is 0 Å². The van der Waals surface area contributed by atoms with Gasteiger partial charge in [0.05, 0.1) is 7.14 Å². The fraction of sp³-hybridized carbons (Fsp3) is 0.0769. The second kappa shape index (κ2) is 4.39. The first-order chi connectivity index (χ1) is 8.40. The highest BCUT2D eigenvalue weighted by molar-refractivity contribution is 14.2. The van der Waals surface area contributed by atoms with Crippen molar-refractivity contribution in [3.05, 3.63) is 69.9 Å². The first-order valence-corrected chi connectivity index (χ1v) is 8.45. The maximum absolute atomic E-state index is 7.02. The molecule has 0 radical (unpaired) electrons. The molecule has 1 N–H and O–H groups in total. The Bertz CT molecular complexity index is 630. The minimum atomic E-state index is -1.85. The minimum absolute atomic E-state index is 0.980. The summed E-state index contributed by atoms with van der Waals surface area (Å²) >= 11 is -1.85. The van der Waals surface area contributed by atoms with Gasteiger partial charge in [0.15, 0.2) is 0 Å². The third-order valence-electron chi connectivity index (χ3n) is 2.80. The van der Waals surface area contributed by atoms with Crippen LogP contribution in [0.2, 0.25) is 0 Å². The highest BCUT2D eigenvalue weighted by atomic mass is 127. The van der Waals surface area contributed by atoms with Gasteiger partial charge in [-0.25, -0.2) is 0 Å². The second-order valence-corrected chi connectivity index (χ2v) is 8.06. The molecule has 0 bridgehead atoms. The molecule has 1 aliphatic rings. The van der Waals surface area contributed by atoms with Crippen molar-refractivity contribution in [2.75, 3.05) is 0 Å². The van der Waals surface area contributed by atoms with E-state index in [2.05, 4.69) is 56.8 Å². The molecular formula is C13H11IN3+. The second-order valence-electron chi connectivity index (χ2n) is 3.80. The number of hydrogen-bond donors (Lipinski definition) is 1. The first-order valence-electron chi connectivity index (χ1n) is 5.33. The molecule has 4 heteroatoms. The fourth-order valence-electron chi connectivity index (χ4n) is 2.07. The molecule has 0 aromatic heterocycles. The lowest BCUT2D eigenvalue weighted by Crippen LogP contribution is -2.02. The average molecular weight is 336 g/mol. The van der Waals surface area contributed by atoms with Crippen LogP contribution in [0.3, 0.4) is 0 Å². The van der Waals surface area contributed by atoms with E-state index in [1.54, 1.807) is 0 Å². The molecule has 2 aromatic rings. The highest BCUT2D eigenvalue weighted by Gasteiger charge is 2.23. The summed E-state index contributed by atoms with van der Waals surface area (Å²) in [5.74, 6) is 0. The summed E-state index contributed by atoms with van der Waals surface area (Å²) < 4.78 is 6.87. The maximum Gasteiger partial charge on any atom is 0.235 e. The number of rotatable bonds is 0. The lowest BCUT2D eigenvalue weighted by atomic mass is 10.1. The van der Waals surface area contributed by atoms with Crippen molar-refractivity contribution in [1.29, 1.82) is 5.53 Å². The normalized spacial score (nSPS) is 13.4. The van der Waals surface area contributed by atoms with E-state index in [-0.39, 0.29) is 0 Å². The Kier molecular flexibility index (Phi) is 2.74. The number of halogens is 1. The van der Waals surface area contributed by atoms with Crippen molar-refractivity contribution < 1.29 is 0 Å². The molecule has 1 heterocycles. The lowest BCUT2D eigenvalue weighted by molar-refractivity contribution is 1.14. The summed E-state index contributed by atoms with van der Waals surface area (Å²) in [7, 11) is 0. The Labute approximate surface area is 106 Å². The zero-order valence-corrected chi connectivity index (χ0v) is 11.3. The van der Waals surface area contributed by atoms with Gasteiger partial charge in [0.1, 0.15) is 0 Å². The van der Waals surface area contributed by atoms with E-state index in [1.807, 2.05) is 0 Å². The molecule has 3 nitrogen and oxygen atoms in total. The van der Waals surface area contributed by atoms with Crippen LogP contribution in [0.4, 0.5) is 0 Å². The van der Waals surface area contributed by atoms with Gasteiger partial charge in [0.2, 0.25) is 24.7 Å². The molecule has 0 fully saturated rings. The van der Waals surface area contributed by atoms with Gasteiger partial charge in [-0.1, -0.05) is 39.5 Å². The van der Waals surface area contributed by atoms with Crippen LogP contribution in [0, 0.1) is 12.7 Å². The van der Waals surface area contributed by atoms with Gasteiger partial charge in [-0.05, 0) is 29.7 Å². The summed E-state index contributed by atoms with van der Waals surface area (Å²) in [5, 5.41) is 3.30. The predicted octanol–water partition coefficient (Wildman–Crippen LogP) is 4.37. The van der Waals surface area contributed by atoms with Crippen molar-refractivity contribution in [3.63, 3.8) is 0 Å². The molecule has 17 heavy (non-hydrogen) atoms. The SMILES string of the molecule is N=N[N+]#I1c2ccccc2Cc2ccccc21. The minimum Gasteiger partial charge on any atom is -0.0703 e. The molecule has 0 aliphatic carbocycles.